The number of fused-ring (bicyclic) bond motifs is 2. The lowest BCUT2D eigenvalue weighted by Crippen LogP contribution is -2.38. The summed E-state index contributed by atoms with van der Waals surface area (Å²) in [4.78, 5) is 66.1. The van der Waals surface area contributed by atoms with Gasteiger partial charge in [-0.3, -0.25) is 19.2 Å². The van der Waals surface area contributed by atoms with Gasteiger partial charge in [-0.15, -0.1) is 5.06 Å². The van der Waals surface area contributed by atoms with Crippen LogP contribution in [-0.4, -0.2) is 59.0 Å². The standard InChI is InChI=1S/C34H39NO9/c1-33(2,42-22-32(40)44-35-29(37)16-17-30(35)38)19-20-41-34(3,4)28(36)15-18-31(39)43-27-21-25-11-6-5-9-23(25)13-14-24-10-7-8-12-26(24)27/h5-14,27H,15-22H2,1-4H3/b14-13-. The van der Waals surface area contributed by atoms with Gasteiger partial charge in [0, 0.05) is 25.7 Å². The first-order valence-corrected chi connectivity index (χ1v) is 14.8. The molecule has 1 unspecified atom stereocenters. The number of benzene rings is 2. The molecule has 4 rings (SSSR count). The summed E-state index contributed by atoms with van der Waals surface area (Å²) in [7, 11) is 0. The summed E-state index contributed by atoms with van der Waals surface area (Å²) < 4.78 is 17.4. The van der Waals surface area contributed by atoms with Gasteiger partial charge in [0.1, 0.15) is 18.3 Å². The first-order valence-electron chi connectivity index (χ1n) is 14.8. The first kappa shape index (κ1) is 32.8. The van der Waals surface area contributed by atoms with E-state index in [4.69, 9.17) is 19.0 Å². The molecule has 0 N–H and O–H groups in total. The summed E-state index contributed by atoms with van der Waals surface area (Å²) in [6.07, 6.45) is 4.34. The molecular formula is C34H39NO9. The topological polar surface area (TPSA) is 126 Å². The molecule has 44 heavy (non-hydrogen) atoms. The number of imide groups is 1. The second-order valence-electron chi connectivity index (χ2n) is 12.0. The van der Waals surface area contributed by atoms with E-state index in [1.807, 2.05) is 54.6 Å². The van der Waals surface area contributed by atoms with E-state index in [9.17, 15) is 24.0 Å². The molecule has 0 saturated carbocycles. The van der Waals surface area contributed by atoms with E-state index >= 15 is 0 Å². The fraction of sp³-hybridized carbons (Fsp3) is 0.441. The zero-order valence-corrected chi connectivity index (χ0v) is 25.6. The van der Waals surface area contributed by atoms with Crippen molar-refractivity contribution in [3.63, 3.8) is 0 Å². The van der Waals surface area contributed by atoms with E-state index in [0.717, 1.165) is 22.3 Å². The van der Waals surface area contributed by atoms with Crippen LogP contribution in [0.2, 0.25) is 0 Å². The largest absolute Gasteiger partial charge is 0.457 e. The number of carbonyl (C=O) groups excluding carboxylic acids is 5. The molecule has 1 atom stereocenters. The lowest BCUT2D eigenvalue weighted by Gasteiger charge is -2.29. The molecule has 0 spiro atoms. The Kier molecular flexibility index (Phi) is 10.5. The number of carbonyl (C=O) groups is 5. The maximum absolute atomic E-state index is 13.0. The Morgan fingerprint density at radius 3 is 2.18 bits per heavy atom. The number of esters is 1. The zero-order valence-electron chi connectivity index (χ0n) is 25.6. The molecule has 1 fully saturated rings. The van der Waals surface area contributed by atoms with Crippen LogP contribution in [0.1, 0.15) is 88.2 Å². The highest BCUT2D eigenvalue weighted by atomic mass is 16.7. The highest BCUT2D eigenvalue weighted by Crippen LogP contribution is 2.31. The summed E-state index contributed by atoms with van der Waals surface area (Å²) in [5, 5.41) is 0.471. The van der Waals surface area contributed by atoms with Crippen LogP contribution in [0.3, 0.4) is 0 Å². The zero-order chi connectivity index (χ0) is 31.9. The Morgan fingerprint density at radius 2 is 1.45 bits per heavy atom. The predicted molar refractivity (Wildman–Crippen MR) is 160 cm³/mol. The molecule has 0 bridgehead atoms. The second-order valence-corrected chi connectivity index (χ2v) is 12.0. The van der Waals surface area contributed by atoms with Crippen molar-refractivity contribution in [2.24, 2.45) is 0 Å². The van der Waals surface area contributed by atoms with E-state index in [1.165, 1.54) is 0 Å². The predicted octanol–water partition coefficient (Wildman–Crippen LogP) is 4.93. The lowest BCUT2D eigenvalue weighted by molar-refractivity contribution is -0.203. The van der Waals surface area contributed by atoms with Gasteiger partial charge in [-0.25, -0.2) is 4.79 Å². The molecule has 10 heteroatoms. The van der Waals surface area contributed by atoms with Crippen molar-refractivity contribution < 1.29 is 43.0 Å². The summed E-state index contributed by atoms with van der Waals surface area (Å²) in [6.45, 7) is 6.43. The van der Waals surface area contributed by atoms with Crippen LogP contribution in [0, 0.1) is 0 Å². The van der Waals surface area contributed by atoms with Crippen molar-refractivity contribution in [1.82, 2.24) is 5.06 Å². The van der Waals surface area contributed by atoms with Crippen molar-refractivity contribution in [2.75, 3.05) is 13.2 Å². The minimum atomic E-state index is -1.16. The van der Waals surface area contributed by atoms with Crippen LogP contribution in [0.4, 0.5) is 0 Å². The SMILES string of the molecule is CC(C)(CCOC(C)(C)C(=O)CCC(=O)OC1Cc2ccccc2/C=C\c2ccccc21)OCC(=O)ON1C(=O)CCC1=O. The maximum Gasteiger partial charge on any atom is 0.358 e. The number of nitrogens with zero attached hydrogens (tertiary/aromatic N) is 1. The normalized spacial score (nSPS) is 17.3. The second kappa shape index (κ2) is 14.1. The average molecular weight is 606 g/mol. The molecule has 234 valence electrons. The Hall–Kier alpha value is -4.15. The molecule has 1 aliphatic carbocycles. The molecule has 1 saturated heterocycles. The van der Waals surface area contributed by atoms with Crippen LogP contribution in [0.5, 0.6) is 0 Å². The fourth-order valence-corrected chi connectivity index (χ4v) is 4.91. The van der Waals surface area contributed by atoms with Crippen LogP contribution >= 0.6 is 0 Å². The quantitative estimate of drug-likeness (QED) is 0.231. The molecule has 10 nitrogen and oxygen atoms in total. The number of rotatable bonds is 13. The van der Waals surface area contributed by atoms with E-state index in [-0.39, 0.29) is 38.1 Å². The molecular weight excluding hydrogens is 566 g/mol. The number of hydroxylamine groups is 2. The Labute approximate surface area is 257 Å². The third-order valence-electron chi connectivity index (χ3n) is 7.69. The van der Waals surface area contributed by atoms with Gasteiger partial charge >= 0.3 is 11.9 Å². The average Bonchev–Trinajstić information content (AvgIpc) is 3.29. The molecule has 2 aromatic rings. The summed E-state index contributed by atoms with van der Waals surface area (Å²) in [5.41, 5.74) is 2.04. The monoisotopic (exact) mass is 605 g/mol. The molecule has 0 radical (unpaired) electrons. The van der Waals surface area contributed by atoms with E-state index in [0.29, 0.717) is 17.9 Å². The number of hydrogen-bond acceptors (Lipinski definition) is 9. The van der Waals surface area contributed by atoms with E-state index in [2.05, 4.69) is 6.08 Å². The first-order chi connectivity index (χ1) is 20.8. The van der Waals surface area contributed by atoms with E-state index < -0.39 is 47.7 Å². The molecule has 1 heterocycles. The number of amides is 2. The van der Waals surface area contributed by atoms with Gasteiger partial charge in [0.05, 0.1) is 18.6 Å². The highest BCUT2D eigenvalue weighted by molar-refractivity contribution is 6.01. The molecule has 1 aliphatic heterocycles. The summed E-state index contributed by atoms with van der Waals surface area (Å²) >= 11 is 0. The van der Waals surface area contributed by atoms with Crippen molar-refractivity contribution >= 4 is 41.7 Å². The van der Waals surface area contributed by atoms with Crippen molar-refractivity contribution in [3.8, 4) is 0 Å². The maximum atomic E-state index is 13.0. The number of hydrogen-bond donors (Lipinski definition) is 0. The van der Waals surface area contributed by atoms with Gasteiger partial charge in [-0.05, 0) is 56.4 Å². The number of ketones is 1. The van der Waals surface area contributed by atoms with Crippen LogP contribution in [-0.2, 0) is 49.4 Å². The van der Waals surface area contributed by atoms with Gasteiger partial charge in [0.25, 0.3) is 11.8 Å². The van der Waals surface area contributed by atoms with Gasteiger partial charge < -0.3 is 19.0 Å². The number of ether oxygens (including phenoxy) is 3. The summed E-state index contributed by atoms with van der Waals surface area (Å²) in [5.74, 6) is -2.71. The third-order valence-corrected chi connectivity index (χ3v) is 7.69. The van der Waals surface area contributed by atoms with Gasteiger partial charge in [-0.1, -0.05) is 60.7 Å². The minimum Gasteiger partial charge on any atom is -0.457 e. The molecule has 0 aromatic heterocycles. The Morgan fingerprint density at radius 1 is 0.818 bits per heavy atom. The van der Waals surface area contributed by atoms with Crippen molar-refractivity contribution in [3.05, 3.63) is 70.8 Å². The third kappa shape index (κ3) is 8.70. The minimum absolute atomic E-state index is 0.00732. The summed E-state index contributed by atoms with van der Waals surface area (Å²) in [6, 6.07) is 15.8. The van der Waals surface area contributed by atoms with Gasteiger partial charge in [-0.2, -0.15) is 0 Å². The van der Waals surface area contributed by atoms with Crippen LogP contribution in [0.15, 0.2) is 48.5 Å². The van der Waals surface area contributed by atoms with Gasteiger partial charge in [0.15, 0.2) is 5.78 Å². The molecule has 2 aliphatic rings. The highest BCUT2D eigenvalue weighted by Gasteiger charge is 2.34. The fourth-order valence-electron chi connectivity index (χ4n) is 4.91. The molecule has 2 aromatic carbocycles. The van der Waals surface area contributed by atoms with Gasteiger partial charge in [0.2, 0.25) is 0 Å². The Balaban J connectivity index is 1.23. The van der Waals surface area contributed by atoms with Crippen LogP contribution < -0.4 is 0 Å². The smallest absolute Gasteiger partial charge is 0.358 e. The Bertz CT molecular complexity index is 1430. The lowest BCUT2D eigenvalue weighted by atomic mass is 9.91. The molecule has 2 amide bonds. The van der Waals surface area contributed by atoms with Crippen molar-refractivity contribution in [1.29, 1.82) is 0 Å². The van der Waals surface area contributed by atoms with E-state index in [1.54, 1.807) is 27.7 Å². The van der Waals surface area contributed by atoms with Crippen LogP contribution in [0.25, 0.3) is 12.2 Å². The van der Waals surface area contributed by atoms with Crippen molar-refractivity contribution in [2.45, 2.75) is 83.5 Å². The number of Topliss-reactive ketones (excluding diaryl/α,β-unsaturated/α-hetero) is 1.